The Hall–Kier alpha value is -3.61. The molecule has 1 aliphatic carbocycles. The van der Waals surface area contributed by atoms with Gasteiger partial charge in [-0.2, -0.15) is 4.98 Å². The third kappa shape index (κ3) is 3.85. The molecular weight excluding hydrogens is 426 g/mol. The van der Waals surface area contributed by atoms with E-state index in [1.807, 2.05) is 18.2 Å². The maximum Gasteiger partial charge on any atom is 0.226 e. The molecule has 1 atom stereocenters. The fourth-order valence-electron chi connectivity index (χ4n) is 5.14. The average Bonchev–Trinajstić information content (AvgIpc) is 3.22. The lowest BCUT2D eigenvalue weighted by molar-refractivity contribution is -0.118. The number of hydrogen-bond donors (Lipinski definition) is 2. The molecule has 1 unspecified atom stereocenters. The van der Waals surface area contributed by atoms with Crippen LogP contribution in [0.15, 0.2) is 59.8 Å². The van der Waals surface area contributed by atoms with E-state index in [-0.39, 0.29) is 16.9 Å². The highest BCUT2D eigenvalue weighted by Gasteiger charge is 2.42. The fourth-order valence-corrected chi connectivity index (χ4v) is 5.14. The fraction of sp³-hybridized carbons (Fsp3) is 0.370. The minimum Gasteiger partial charge on any atom is -0.508 e. The third-order valence-electron chi connectivity index (χ3n) is 6.77. The van der Waals surface area contributed by atoms with Crippen molar-refractivity contribution in [3.63, 3.8) is 0 Å². The van der Waals surface area contributed by atoms with Crippen LogP contribution in [0.25, 0.3) is 11.4 Å². The summed E-state index contributed by atoms with van der Waals surface area (Å²) in [5.41, 5.74) is 4.38. The Bertz CT molecular complexity index is 1270. The lowest BCUT2D eigenvalue weighted by Crippen LogP contribution is -2.36. The monoisotopic (exact) mass is 457 g/mol. The molecule has 5 rings (SSSR count). The predicted molar refractivity (Wildman–Crippen MR) is 134 cm³/mol. The first-order valence-electron chi connectivity index (χ1n) is 11.9. The molecular formula is C27H31N5O2. The second-order valence-electron chi connectivity index (χ2n) is 9.88. The second-order valence-corrected chi connectivity index (χ2v) is 9.88. The van der Waals surface area contributed by atoms with Crippen molar-refractivity contribution in [2.24, 2.45) is 5.41 Å². The molecule has 2 aromatic carbocycles. The number of nitrogens with one attached hydrogen (secondary N) is 1. The Morgan fingerprint density at radius 1 is 1.12 bits per heavy atom. The van der Waals surface area contributed by atoms with Crippen LogP contribution in [0.4, 0.5) is 11.6 Å². The van der Waals surface area contributed by atoms with Crippen molar-refractivity contribution >= 4 is 17.4 Å². The molecule has 7 nitrogen and oxygen atoms in total. The first kappa shape index (κ1) is 22.2. The van der Waals surface area contributed by atoms with Crippen molar-refractivity contribution in [1.29, 1.82) is 0 Å². The third-order valence-corrected chi connectivity index (χ3v) is 6.77. The number of fused-ring (bicyclic) bond motifs is 1. The average molecular weight is 458 g/mol. The molecule has 2 N–H and O–H groups in total. The number of Topliss-reactive ketones (excluding diaryl/α,β-unsaturated/α-hetero) is 1. The first-order chi connectivity index (χ1) is 16.3. The van der Waals surface area contributed by atoms with Crippen LogP contribution >= 0.6 is 0 Å². The van der Waals surface area contributed by atoms with E-state index in [0.717, 1.165) is 36.3 Å². The lowest BCUT2D eigenvalue weighted by atomic mass is 9.73. The summed E-state index contributed by atoms with van der Waals surface area (Å²) >= 11 is 0. The van der Waals surface area contributed by atoms with Crippen LogP contribution in [0.5, 0.6) is 5.75 Å². The summed E-state index contributed by atoms with van der Waals surface area (Å²) < 4.78 is 1.79. The van der Waals surface area contributed by atoms with Crippen LogP contribution < -0.4 is 10.2 Å². The van der Waals surface area contributed by atoms with Gasteiger partial charge in [-0.05, 0) is 67.6 Å². The summed E-state index contributed by atoms with van der Waals surface area (Å²) in [7, 11) is 0. The molecule has 3 aromatic rings. The van der Waals surface area contributed by atoms with Crippen LogP contribution in [-0.2, 0) is 4.79 Å². The molecule has 34 heavy (non-hydrogen) atoms. The van der Waals surface area contributed by atoms with Gasteiger partial charge < -0.3 is 15.3 Å². The van der Waals surface area contributed by atoms with Crippen molar-refractivity contribution in [2.45, 2.75) is 46.6 Å². The molecule has 0 bridgehead atoms. The number of carbonyl (C=O) groups excluding carboxylic acids is 1. The van der Waals surface area contributed by atoms with Crippen LogP contribution in [0.2, 0.25) is 0 Å². The van der Waals surface area contributed by atoms with Gasteiger partial charge in [0, 0.05) is 42.0 Å². The number of rotatable bonds is 5. The van der Waals surface area contributed by atoms with E-state index in [1.165, 1.54) is 5.69 Å². The molecule has 0 radical (unpaired) electrons. The quantitative estimate of drug-likeness (QED) is 0.551. The van der Waals surface area contributed by atoms with Crippen LogP contribution in [-0.4, -0.2) is 38.7 Å². The van der Waals surface area contributed by atoms with E-state index in [0.29, 0.717) is 23.8 Å². The number of allylic oxidation sites excluding steroid dienone is 2. The number of benzene rings is 2. The standard InChI is InChI=1S/C27H31N5O2/c1-5-31(6-2)19-12-10-17(11-13-19)25-29-26-28-21-15-27(3,4)16-22(34)23(21)24(32(26)30-25)18-8-7-9-20(33)14-18/h7-14,24,33H,5-6,15-16H2,1-4H3,(H,28,29,30). The number of nitrogens with zero attached hydrogens (tertiary/aromatic N) is 4. The molecule has 0 fully saturated rings. The zero-order chi connectivity index (χ0) is 24.0. The van der Waals surface area contributed by atoms with Gasteiger partial charge in [0.2, 0.25) is 5.95 Å². The Labute approximate surface area is 200 Å². The Morgan fingerprint density at radius 2 is 1.85 bits per heavy atom. The van der Waals surface area contributed by atoms with E-state index in [4.69, 9.17) is 10.1 Å². The number of phenols is 1. The molecule has 0 amide bonds. The highest BCUT2D eigenvalue weighted by atomic mass is 16.3. The summed E-state index contributed by atoms with van der Waals surface area (Å²) in [5.74, 6) is 1.49. The largest absolute Gasteiger partial charge is 0.508 e. The normalized spacial score (nSPS) is 18.8. The molecule has 1 aromatic heterocycles. The highest BCUT2D eigenvalue weighted by Crippen LogP contribution is 2.46. The molecule has 7 heteroatoms. The van der Waals surface area contributed by atoms with E-state index in [2.05, 4.69) is 50.0 Å². The highest BCUT2D eigenvalue weighted by molar-refractivity contribution is 6.00. The van der Waals surface area contributed by atoms with Gasteiger partial charge in [-0.25, -0.2) is 4.68 Å². The van der Waals surface area contributed by atoms with Crippen molar-refractivity contribution < 1.29 is 9.90 Å². The van der Waals surface area contributed by atoms with Crippen molar-refractivity contribution in [3.05, 3.63) is 65.4 Å². The number of hydrogen-bond acceptors (Lipinski definition) is 6. The Morgan fingerprint density at radius 3 is 2.53 bits per heavy atom. The summed E-state index contributed by atoms with van der Waals surface area (Å²) in [6.45, 7) is 10.4. The van der Waals surface area contributed by atoms with Gasteiger partial charge in [0.1, 0.15) is 11.8 Å². The zero-order valence-electron chi connectivity index (χ0n) is 20.2. The minimum absolute atomic E-state index is 0.110. The van der Waals surface area contributed by atoms with Gasteiger partial charge in [0.05, 0.1) is 0 Å². The van der Waals surface area contributed by atoms with Crippen LogP contribution in [0, 0.1) is 5.41 Å². The van der Waals surface area contributed by atoms with Gasteiger partial charge in [0.25, 0.3) is 0 Å². The molecule has 2 aliphatic rings. The maximum absolute atomic E-state index is 13.3. The van der Waals surface area contributed by atoms with E-state index in [1.54, 1.807) is 22.9 Å². The van der Waals surface area contributed by atoms with Crippen molar-refractivity contribution in [1.82, 2.24) is 14.8 Å². The first-order valence-corrected chi connectivity index (χ1v) is 11.9. The molecule has 0 saturated heterocycles. The van der Waals surface area contributed by atoms with Gasteiger partial charge >= 0.3 is 0 Å². The molecule has 0 saturated carbocycles. The second kappa shape index (κ2) is 8.31. The van der Waals surface area contributed by atoms with Crippen LogP contribution in [0.1, 0.15) is 52.1 Å². The summed E-state index contributed by atoms with van der Waals surface area (Å²) in [6, 6.07) is 14.9. The minimum atomic E-state index is -0.432. The van der Waals surface area contributed by atoms with Crippen molar-refractivity contribution in [3.8, 4) is 17.1 Å². The number of carbonyl (C=O) groups is 1. The molecule has 176 valence electrons. The topological polar surface area (TPSA) is 83.3 Å². The molecule has 0 spiro atoms. The summed E-state index contributed by atoms with van der Waals surface area (Å²) in [4.78, 5) is 20.4. The molecule has 1 aliphatic heterocycles. The number of ketones is 1. The van der Waals surface area contributed by atoms with Gasteiger partial charge in [0.15, 0.2) is 11.6 Å². The van der Waals surface area contributed by atoms with Gasteiger partial charge in [-0.3, -0.25) is 4.79 Å². The Kier molecular flexibility index (Phi) is 5.42. The van der Waals surface area contributed by atoms with E-state index in [9.17, 15) is 9.90 Å². The SMILES string of the molecule is CCN(CC)c1ccc(-c2nc3n(n2)C(c2cccc(O)c2)C2=C(CC(C)(C)CC2=O)N3)cc1. The van der Waals surface area contributed by atoms with Crippen LogP contribution in [0.3, 0.4) is 0 Å². The lowest BCUT2D eigenvalue weighted by Gasteiger charge is -2.38. The van der Waals surface area contributed by atoms with Gasteiger partial charge in [-0.15, -0.1) is 5.10 Å². The smallest absolute Gasteiger partial charge is 0.226 e. The van der Waals surface area contributed by atoms with E-state index >= 15 is 0 Å². The number of phenolic OH excluding ortho intramolecular Hbond substituents is 1. The van der Waals surface area contributed by atoms with Crippen molar-refractivity contribution in [2.75, 3.05) is 23.3 Å². The Balaban J connectivity index is 1.59. The summed E-state index contributed by atoms with van der Waals surface area (Å²) in [5, 5.41) is 18.4. The number of aromatic hydroxyl groups is 1. The summed E-state index contributed by atoms with van der Waals surface area (Å²) in [6.07, 6.45) is 1.23. The van der Waals surface area contributed by atoms with E-state index < -0.39 is 6.04 Å². The maximum atomic E-state index is 13.3. The number of anilines is 2. The zero-order valence-corrected chi connectivity index (χ0v) is 20.2. The number of aromatic nitrogens is 3. The van der Waals surface area contributed by atoms with Gasteiger partial charge in [-0.1, -0.05) is 26.0 Å². The predicted octanol–water partition coefficient (Wildman–Crippen LogP) is 5.16. The molecule has 2 heterocycles.